The average molecular weight is 513 g/mol. The van der Waals surface area contributed by atoms with Gasteiger partial charge in [0, 0.05) is 41.7 Å². The van der Waals surface area contributed by atoms with Crippen LogP contribution in [0.4, 0.5) is 0 Å². The van der Waals surface area contributed by atoms with Crippen LogP contribution in [0, 0.1) is 41.7 Å². The molecule has 17 heteroatoms. The number of nitrogens with two attached hydrogens (primary N) is 1. The molecule has 0 radical (unpaired) electrons. The van der Waals surface area contributed by atoms with E-state index in [-0.39, 0.29) is 41.7 Å². The van der Waals surface area contributed by atoms with Gasteiger partial charge in [-0.05, 0) is 0 Å². The van der Waals surface area contributed by atoms with Gasteiger partial charge in [0.2, 0.25) is 0 Å². The van der Waals surface area contributed by atoms with Gasteiger partial charge in [0.1, 0.15) is 0 Å². The van der Waals surface area contributed by atoms with E-state index in [1.807, 2.05) is 0 Å². The second-order valence-electron chi connectivity index (χ2n) is 1.42. The maximum Gasteiger partial charge on any atom is 0.394 e. The molecule has 0 heterocycles. The van der Waals surface area contributed by atoms with Gasteiger partial charge >= 0.3 is 57.5 Å². The van der Waals surface area contributed by atoms with Gasteiger partial charge in [0.25, 0.3) is 0 Å². The van der Waals surface area contributed by atoms with E-state index in [4.69, 9.17) is 38.8 Å². The topological polar surface area (TPSA) is 239 Å². The standard InChI is InChI=1S/Ce.Mo.H2NO.2H2O4S.H2O.2O/c;;1-2;2*1-5(2,3)4;;;/h;;1H2;2*(H2,1,2,3,4);1H2;;/q;+2;-1;;;;;/p-1. The van der Waals surface area contributed by atoms with E-state index >= 15 is 0 Å². The van der Waals surface area contributed by atoms with E-state index in [0.29, 0.717) is 0 Å². The predicted molar refractivity (Wildman–Crippen MR) is 37.2 cm³/mol. The minimum Gasteiger partial charge on any atom is -0.264 e. The summed E-state index contributed by atoms with van der Waals surface area (Å²) in [6.45, 7) is 0. The predicted octanol–water partition coefficient (Wildman–Crippen LogP) is -2.76. The molecule has 7 N–H and O–H groups in total. The first-order chi connectivity index (χ1) is 6.56. The molecule has 0 bridgehead atoms. The molecule has 0 aliphatic rings. The first-order valence-electron chi connectivity index (χ1n) is 2.32. The largest absolute Gasteiger partial charge is 0.394 e. The molecule has 13 nitrogen and oxygen atoms in total. The van der Waals surface area contributed by atoms with Crippen LogP contribution < -0.4 is 5.90 Å². The Balaban J connectivity index is -0.0000000729. The van der Waals surface area contributed by atoms with Crippen molar-refractivity contribution < 1.29 is 108 Å². The van der Waals surface area contributed by atoms with Crippen LogP contribution in [0.2, 0.25) is 0 Å². The molecule has 0 saturated carbocycles. The number of hydrogen-bond acceptors (Lipinski definition) is 8. The van der Waals surface area contributed by atoms with Gasteiger partial charge in [-0.15, -0.1) is 0 Å². The zero-order valence-corrected chi connectivity index (χ0v) is 14.2. The van der Waals surface area contributed by atoms with Crippen molar-refractivity contribution in [2.75, 3.05) is 0 Å². The third-order valence-corrected chi connectivity index (χ3v) is 0.719. The summed E-state index contributed by atoms with van der Waals surface area (Å²) in [5.41, 5.74) is 0. The molecule has 0 spiro atoms. The van der Waals surface area contributed by atoms with Crippen molar-refractivity contribution in [3.63, 3.8) is 0 Å². The van der Waals surface area contributed by atoms with Crippen LogP contribution in [0.1, 0.15) is 0 Å². The molecule has 0 aromatic carbocycles. The molecule has 0 aromatic heterocycles. The van der Waals surface area contributed by atoms with E-state index in [0.717, 1.165) is 0 Å². The normalized spacial score (nSPS) is 10.9. The minimum absolute atomic E-state index is 0. The van der Waals surface area contributed by atoms with Gasteiger partial charge in [0.15, 0.2) is 0 Å². The van der Waals surface area contributed by atoms with E-state index in [2.05, 4.69) is 9.39 Å². The van der Waals surface area contributed by atoms with Crippen LogP contribution in [0.5, 0.6) is 0 Å². The molecule has 106 valence electrons. The monoisotopic (exact) mass is 515 g/mol. The Hall–Kier alpha value is 1.28. The molecule has 0 saturated heterocycles. The van der Waals surface area contributed by atoms with Gasteiger partial charge in [0.05, 0.1) is 0 Å². The smallest absolute Gasteiger partial charge is 0.264 e. The van der Waals surface area contributed by atoms with E-state index in [9.17, 15) is 6.80 Å². The summed E-state index contributed by atoms with van der Waals surface area (Å²) < 4.78 is 92.4. The fourth-order valence-electron chi connectivity index (χ4n) is 0. The molecule has 0 atom stereocenters. The summed E-state index contributed by atoms with van der Waals surface area (Å²) in [5, 5.41) is 0. The summed E-state index contributed by atoms with van der Waals surface area (Å²) in [6.07, 6.45) is 0. The molecular formula is H7CeMoNO12S2. The van der Waals surface area contributed by atoms with Crippen molar-refractivity contribution in [3.05, 3.63) is 0 Å². The third kappa shape index (κ3) is 220. The SMILES string of the molecule is N[O][Mo](=[O])(=[O])[OH].O=S(=O)(O)O.O=S(=O)(O)O.[Ce]. The van der Waals surface area contributed by atoms with Gasteiger partial charge in [-0.1, -0.05) is 0 Å². The summed E-state index contributed by atoms with van der Waals surface area (Å²) in [4.78, 5) is 0. The molecule has 0 aliphatic heterocycles. The minimum atomic E-state index is -5.28. The first-order valence-corrected chi connectivity index (χ1v) is 8.46. The second-order valence-corrected chi connectivity index (χ2v) is 5.79. The second kappa shape index (κ2) is 11.1. The number of hydrogen-bond donors (Lipinski definition) is 6. The third-order valence-electron chi connectivity index (χ3n) is 0.122. The molecule has 0 aromatic rings. The van der Waals surface area contributed by atoms with Gasteiger partial charge in [-0.25, -0.2) is 0 Å². The average Bonchev–Trinajstić information content (AvgIpc) is 1.77. The van der Waals surface area contributed by atoms with Crippen molar-refractivity contribution in [1.82, 2.24) is 0 Å². The van der Waals surface area contributed by atoms with E-state index in [1.54, 1.807) is 0 Å². The summed E-state index contributed by atoms with van der Waals surface area (Å²) in [5.74, 6) is 4.01. The van der Waals surface area contributed by atoms with Crippen LogP contribution in [0.15, 0.2) is 0 Å². The Morgan fingerprint density at radius 3 is 0.941 bits per heavy atom. The fourth-order valence-corrected chi connectivity index (χ4v) is 0. The van der Waals surface area contributed by atoms with Crippen molar-refractivity contribution in [2.45, 2.75) is 0 Å². The molecule has 0 rings (SSSR count). The maximum atomic E-state index is 9.32. The summed E-state index contributed by atoms with van der Waals surface area (Å²) >= 11 is -5.28. The molecule has 17 heavy (non-hydrogen) atoms. The van der Waals surface area contributed by atoms with Gasteiger partial charge < -0.3 is 0 Å². The fraction of sp³-hybridized carbons (Fsp3) is 0. The van der Waals surface area contributed by atoms with E-state index in [1.165, 1.54) is 0 Å². The van der Waals surface area contributed by atoms with Crippen LogP contribution in [-0.4, -0.2) is 38.8 Å². The Kier molecular flexibility index (Phi) is 17.5. The Bertz CT molecular complexity index is 409. The Labute approximate surface area is 133 Å². The van der Waals surface area contributed by atoms with Crippen LogP contribution in [0.25, 0.3) is 0 Å². The quantitative estimate of drug-likeness (QED) is 0.118. The van der Waals surface area contributed by atoms with Crippen molar-refractivity contribution in [2.24, 2.45) is 5.90 Å². The molecule has 0 amide bonds. The zero-order valence-electron chi connectivity index (χ0n) is 7.40. The summed E-state index contributed by atoms with van der Waals surface area (Å²) in [6, 6.07) is 0. The zero-order chi connectivity index (χ0) is 14.2. The van der Waals surface area contributed by atoms with Gasteiger partial charge in [-0.3, -0.25) is 18.2 Å². The van der Waals surface area contributed by atoms with Crippen LogP contribution in [0.3, 0.4) is 0 Å². The first kappa shape index (κ1) is 26.8. The van der Waals surface area contributed by atoms with Crippen molar-refractivity contribution in [1.29, 1.82) is 0 Å². The van der Waals surface area contributed by atoms with Crippen molar-refractivity contribution in [3.8, 4) is 0 Å². The molecular weight excluding hydrogens is 506 g/mol. The Morgan fingerprint density at radius 1 is 0.882 bits per heavy atom. The maximum absolute atomic E-state index is 9.32. The summed E-state index contributed by atoms with van der Waals surface area (Å²) in [7, 11) is -9.33. The molecule has 0 fully saturated rings. The van der Waals surface area contributed by atoms with Crippen molar-refractivity contribution >= 4 is 20.8 Å². The van der Waals surface area contributed by atoms with Gasteiger partial charge in [-0.2, -0.15) is 16.8 Å². The number of rotatable bonds is 1. The Morgan fingerprint density at radius 2 is 0.941 bits per heavy atom. The molecule has 0 aliphatic carbocycles. The van der Waals surface area contributed by atoms with Crippen LogP contribution >= 0.6 is 0 Å². The van der Waals surface area contributed by atoms with E-state index < -0.39 is 37.5 Å². The molecule has 0 unspecified atom stereocenters. The van der Waals surface area contributed by atoms with Crippen LogP contribution in [-0.2, 0) is 47.8 Å².